The van der Waals surface area contributed by atoms with Crippen molar-refractivity contribution in [2.45, 2.75) is 30.8 Å². The molecule has 1 atom stereocenters. The predicted molar refractivity (Wildman–Crippen MR) is 60.8 cm³/mol. The van der Waals surface area contributed by atoms with E-state index in [1.807, 2.05) is 4.72 Å². The fourth-order valence-electron chi connectivity index (χ4n) is 1.33. The summed E-state index contributed by atoms with van der Waals surface area (Å²) in [6.45, 7) is 1.71. The van der Waals surface area contributed by atoms with Crippen LogP contribution in [0.15, 0.2) is 23.4 Å². The number of rotatable bonds is 6. The monoisotopic (exact) mass is 276 g/mol. The number of hydrogen-bond acceptors (Lipinski definition) is 4. The van der Waals surface area contributed by atoms with Crippen LogP contribution >= 0.6 is 0 Å². The smallest absolute Gasteiger partial charge is 0.321 e. The van der Waals surface area contributed by atoms with Crippen molar-refractivity contribution in [2.24, 2.45) is 0 Å². The lowest BCUT2D eigenvalue weighted by molar-refractivity contribution is -0.139. The van der Waals surface area contributed by atoms with Gasteiger partial charge in [0.05, 0.1) is 0 Å². The van der Waals surface area contributed by atoms with Crippen LogP contribution in [0.3, 0.4) is 0 Å². The van der Waals surface area contributed by atoms with Gasteiger partial charge in [-0.3, -0.25) is 4.79 Å². The van der Waals surface area contributed by atoms with Crippen molar-refractivity contribution in [3.63, 3.8) is 0 Å². The zero-order chi connectivity index (χ0) is 13.8. The van der Waals surface area contributed by atoms with Gasteiger partial charge >= 0.3 is 5.97 Å². The Morgan fingerprint density at radius 2 is 2.28 bits per heavy atom. The Kier molecular flexibility index (Phi) is 4.74. The van der Waals surface area contributed by atoms with Crippen LogP contribution in [0.1, 0.15) is 19.8 Å². The van der Waals surface area contributed by atoms with Crippen molar-refractivity contribution in [1.29, 1.82) is 0 Å². The van der Waals surface area contributed by atoms with Gasteiger partial charge in [0.1, 0.15) is 6.04 Å². The van der Waals surface area contributed by atoms with Gasteiger partial charge in [-0.1, -0.05) is 13.3 Å². The zero-order valence-corrected chi connectivity index (χ0v) is 10.4. The van der Waals surface area contributed by atoms with E-state index in [9.17, 15) is 17.6 Å². The maximum Gasteiger partial charge on any atom is 0.321 e. The summed E-state index contributed by atoms with van der Waals surface area (Å²) >= 11 is 0. The minimum atomic E-state index is -4.27. The first kappa shape index (κ1) is 14.5. The second-order valence-electron chi connectivity index (χ2n) is 3.59. The number of aromatic nitrogens is 1. The molecule has 6 nitrogen and oxygen atoms in total. The minimum absolute atomic E-state index is 0.114. The number of sulfonamides is 1. The summed E-state index contributed by atoms with van der Waals surface area (Å²) in [5.74, 6) is -2.33. The quantitative estimate of drug-likeness (QED) is 0.799. The summed E-state index contributed by atoms with van der Waals surface area (Å²) in [6, 6.07) is 0.896. The number of pyridine rings is 1. The van der Waals surface area contributed by atoms with E-state index in [1.54, 1.807) is 6.92 Å². The minimum Gasteiger partial charge on any atom is -0.480 e. The number of nitrogens with one attached hydrogen (secondary N) is 1. The molecule has 0 amide bonds. The summed E-state index contributed by atoms with van der Waals surface area (Å²) < 4.78 is 38.7. The fraction of sp³-hybridized carbons (Fsp3) is 0.400. The highest BCUT2D eigenvalue weighted by Gasteiger charge is 2.27. The number of halogens is 1. The summed E-state index contributed by atoms with van der Waals surface area (Å²) in [7, 11) is -4.27. The van der Waals surface area contributed by atoms with Gasteiger partial charge in [0.2, 0.25) is 5.03 Å². The van der Waals surface area contributed by atoms with E-state index in [-0.39, 0.29) is 6.42 Å². The average Bonchev–Trinajstić information content (AvgIpc) is 2.28. The van der Waals surface area contributed by atoms with Crippen LogP contribution < -0.4 is 4.72 Å². The third-order valence-electron chi connectivity index (χ3n) is 2.15. The Morgan fingerprint density at radius 1 is 1.61 bits per heavy atom. The molecule has 18 heavy (non-hydrogen) atoms. The lowest BCUT2D eigenvalue weighted by Gasteiger charge is -2.13. The van der Waals surface area contributed by atoms with E-state index in [1.165, 1.54) is 6.07 Å². The highest BCUT2D eigenvalue weighted by atomic mass is 32.2. The molecule has 0 aliphatic heterocycles. The summed E-state index contributed by atoms with van der Waals surface area (Å²) in [4.78, 5) is 14.2. The van der Waals surface area contributed by atoms with Crippen molar-refractivity contribution in [3.8, 4) is 0 Å². The highest BCUT2D eigenvalue weighted by Crippen LogP contribution is 2.11. The Hall–Kier alpha value is -1.54. The van der Waals surface area contributed by atoms with Gasteiger partial charge in [-0.05, 0) is 18.6 Å². The molecule has 8 heteroatoms. The number of nitrogens with zero attached hydrogens (tertiary/aromatic N) is 1. The van der Waals surface area contributed by atoms with Gasteiger partial charge in [-0.2, -0.15) is 4.72 Å². The van der Waals surface area contributed by atoms with Crippen LogP contribution in [-0.4, -0.2) is 30.5 Å². The second kappa shape index (κ2) is 5.87. The first-order valence-corrected chi connectivity index (χ1v) is 6.72. The van der Waals surface area contributed by atoms with Crippen LogP contribution in [-0.2, 0) is 14.8 Å². The molecule has 1 aromatic heterocycles. The zero-order valence-electron chi connectivity index (χ0n) is 9.63. The van der Waals surface area contributed by atoms with E-state index in [0.717, 1.165) is 12.3 Å². The maximum absolute atomic E-state index is 13.3. The molecule has 0 aliphatic carbocycles. The lowest BCUT2D eigenvalue weighted by Crippen LogP contribution is -2.41. The molecular formula is C10H13FN2O4S. The first-order chi connectivity index (χ1) is 8.38. The van der Waals surface area contributed by atoms with Gasteiger partial charge in [0, 0.05) is 6.20 Å². The second-order valence-corrected chi connectivity index (χ2v) is 5.22. The van der Waals surface area contributed by atoms with Gasteiger partial charge in [-0.15, -0.1) is 0 Å². The number of carboxylic acids is 1. The molecule has 0 aliphatic rings. The standard InChI is InChI=1S/C10H13FN2O4S/c1-2-4-8(10(14)15)13-18(16,17)9-7(11)5-3-6-12-9/h3,5-6,8,13H,2,4H2,1H3,(H,14,15)/t8-/m0/s1. The Balaban J connectivity index is 3.01. The Bertz CT molecular complexity index is 532. The molecule has 0 unspecified atom stereocenters. The molecule has 100 valence electrons. The topological polar surface area (TPSA) is 96.4 Å². The van der Waals surface area contributed by atoms with E-state index in [0.29, 0.717) is 6.42 Å². The number of carboxylic acid groups (broad SMARTS) is 1. The Morgan fingerprint density at radius 3 is 2.78 bits per heavy atom. The van der Waals surface area contributed by atoms with Crippen molar-refractivity contribution >= 4 is 16.0 Å². The van der Waals surface area contributed by atoms with Gasteiger partial charge in [-0.25, -0.2) is 17.8 Å². The van der Waals surface area contributed by atoms with Crippen LogP contribution in [0.25, 0.3) is 0 Å². The van der Waals surface area contributed by atoms with Gasteiger partial charge in [0.15, 0.2) is 5.82 Å². The molecule has 1 heterocycles. The Labute approximate surface area is 104 Å². The van der Waals surface area contributed by atoms with Crippen LogP contribution in [0.2, 0.25) is 0 Å². The first-order valence-electron chi connectivity index (χ1n) is 5.24. The van der Waals surface area contributed by atoms with E-state index in [4.69, 9.17) is 5.11 Å². The van der Waals surface area contributed by atoms with Crippen molar-refractivity contribution < 1.29 is 22.7 Å². The number of aliphatic carboxylic acids is 1. The molecule has 0 bridgehead atoms. The SMILES string of the molecule is CCC[C@H](NS(=O)(=O)c1ncccc1F)C(=O)O. The normalized spacial score (nSPS) is 13.2. The third kappa shape index (κ3) is 3.47. The molecule has 0 spiro atoms. The van der Waals surface area contributed by atoms with E-state index >= 15 is 0 Å². The highest BCUT2D eigenvalue weighted by molar-refractivity contribution is 7.89. The number of hydrogen-bond donors (Lipinski definition) is 2. The molecule has 0 saturated carbocycles. The van der Waals surface area contributed by atoms with Gasteiger partial charge < -0.3 is 5.11 Å². The average molecular weight is 276 g/mol. The molecule has 0 aromatic carbocycles. The van der Waals surface area contributed by atoms with Crippen LogP contribution in [0.4, 0.5) is 4.39 Å². The summed E-state index contributed by atoms with van der Waals surface area (Å²) in [5, 5.41) is 8.04. The molecule has 1 rings (SSSR count). The molecule has 0 radical (unpaired) electrons. The largest absolute Gasteiger partial charge is 0.480 e. The molecule has 0 saturated heterocycles. The predicted octanol–water partition coefficient (Wildman–Crippen LogP) is 0.752. The molecule has 2 N–H and O–H groups in total. The van der Waals surface area contributed by atoms with Crippen molar-refractivity contribution in [3.05, 3.63) is 24.1 Å². The molecule has 1 aromatic rings. The summed E-state index contributed by atoms with van der Waals surface area (Å²) in [6.07, 6.45) is 1.71. The van der Waals surface area contributed by atoms with Crippen LogP contribution in [0, 0.1) is 5.82 Å². The van der Waals surface area contributed by atoms with Crippen LogP contribution in [0.5, 0.6) is 0 Å². The summed E-state index contributed by atoms with van der Waals surface area (Å²) in [5.41, 5.74) is 0. The lowest BCUT2D eigenvalue weighted by atomic mass is 10.2. The van der Waals surface area contributed by atoms with Gasteiger partial charge in [0.25, 0.3) is 10.0 Å². The van der Waals surface area contributed by atoms with Crippen molar-refractivity contribution in [2.75, 3.05) is 0 Å². The molecular weight excluding hydrogens is 263 g/mol. The fourth-order valence-corrected chi connectivity index (χ4v) is 2.56. The maximum atomic E-state index is 13.3. The number of carbonyl (C=O) groups is 1. The molecule has 0 fully saturated rings. The third-order valence-corrected chi connectivity index (χ3v) is 3.56. The van der Waals surface area contributed by atoms with E-state index in [2.05, 4.69) is 4.98 Å². The van der Waals surface area contributed by atoms with E-state index < -0.39 is 32.9 Å². The van der Waals surface area contributed by atoms with Crippen molar-refractivity contribution in [1.82, 2.24) is 9.71 Å².